The van der Waals surface area contributed by atoms with Crippen molar-refractivity contribution in [3.05, 3.63) is 23.8 Å². The third-order valence-electron chi connectivity index (χ3n) is 2.60. The molecule has 0 radical (unpaired) electrons. The number of nitrogens with one attached hydrogen (secondary N) is 1. The summed E-state index contributed by atoms with van der Waals surface area (Å²) in [4.78, 5) is 21.4. The molecule has 0 spiro atoms. The van der Waals surface area contributed by atoms with Crippen molar-refractivity contribution < 1.29 is 27.9 Å². The van der Waals surface area contributed by atoms with Crippen LogP contribution < -0.4 is 15.2 Å². The normalized spacial score (nSPS) is 11.1. The molecule has 0 fully saturated rings. The van der Waals surface area contributed by atoms with E-state index in [1.807, 2.05) is 0 Å². The Morgan fingerprint density at radius 2 is 2.05 bits per heavy atom. The van der Waals surface area contributed by atoms with Gasteiger partial charge in [-0.1, -0.05) is 0 Å². The largest absolute Gasteiger partial charge is 0.496 e. The quantitative estimate of drug-likeness (QED) is 0.575. The fraction of sp³-hybridized carbons (Fsp3) is 0.333. The predicted molar refractivity (Wildman–Crippen MR) is 73.6 cm³/mol. The predicted octanol–water partition coefficient (Wildman–Crippen LogP) is -0.0628. The summed E-state index contributed by atoms with van der Waals surface area (Å²) in [5.41, 5.74) is 4.69. The Morgan fingerprint density at radius 3 is 2.57 bits per heavy atom. The van der Waals surface area contributed by atoms with Crippen LogP contribution in [0.25, 0.3) is 0 Å². The molecule has 1 aromatic carbocycles. The van der Waals surface area contributed by atoms with Crippen LogP contribution in [-0.2, 0) is 14.8 Å². The Kier molecular flexibility index (Phi) is 5.68. The van der Waals surface area contributed by atoms with Crippen LogP contribution in [0.5, 0.6) is 5.75 Å². The molecule has 4 N–H and O–H groups in total. The fourth-order valence-corrected chi connectivity index (χ4v) is 2.67. The Labute approximate surface area is 122 Å². The van der Waals surface area contributed by atoms with E-state index in [2.05, 4.69) is 4.72 Å². The van der Waals surface area contributed by atoms with Crippen LogP contribution in [0.2, 0.25) is 0 Å². The molecule has 0 heterocycles. The van der Waals surface area contributed by atoms with Crippen molar-refractivity contribution >= 4 is 21.9 Å². The number of hydrogen-bond donors (Lipinski definition) is 3. The molecule has 0 aliphatic rings. The summed E-state index contributed by atoms with van der Waals surface area (Å²) in [6.07, 6.45) is 0.321. The number of benzene rings is 1. The molecule has 0 unspecified atom stereocenters. The van der Waals surface area contributed by atoms with Crippen molar-refractivity contribution in [1.82, 2.24) is 4.72 Å². The number of amides is 1. The van der Waals surface area contributed by atoms with Gasteiger partial charge in [0, 0.05) is 13.0 Å². The highest BCUT2D eigenvalue weighted by Gasteiger charge is 2.19. The molecule has 21 heavy (non-hydrogen) atoms. The zero-order valence-electron chi connectivity index (χ0n) is 11.3. The number of ether oxygens (including phenoxy) is 1. The first kappa shape index (κ1) is 16.9. The Bertz CT molecular complexity index is 641. The van der Waals surface area contributed by atoms with Crippen LogP contribution in [0.4, 0.5) is 0 Å². The van der Waals surface area contributed by atoms with Gasteiger partial charge in [-0.15, -0.1) is 0 Å². The molecule has 9 heteroatoms. The highest BCUT2D eigenvalue weighted by atomic mass is 32.2. The van der Waals surface area contributed by atoms with E-state index in [1.165, 1.54) is 19.2 Å². The van der Waals surface area contributed by atoms with Crippen molar-refractivity contribution in [2.24, 2.45) is 5.73 Å². The smallest absolute Gasteiger partial charge is 0.339 e. The Balaban J connectivity index is 2.90. The van der Waals surface area contributed by atoms with Gasteiger partial charge in [-0.25, -0.2) is 17.9 Å². The first-order valence-electron chi connectivity index (χ1n) is 5.97. The molecule has 0 aliphatic heterocycles. The van der Waals surface area contributed by atoms with Crippen molar-refractivity contribution in [1.29, 1.82) is 0 Å². The van der Waals surface area contributed by atoms with Crippen molar-refractivity contribution in [2.75, 3.05) is 13.7 Å². The minimum atomic E-state index is -3.86. The third-order valence-corrected chi connectivity index (χ3v) is 4.06. The molecule has 1 aromatic rings. The van der Waals surface area contributed by atoms with Crippen molar-refractivity contribution in [2.45, 2.75) is 17.7 Å². The number of aromatic carboxylic acids is 1. The van der Waals surface area contributed by atoms with Crippen LogP contribution in [0, 0.1) is 0 Å². The minimum absolute atomic E-state index is 0.0275. The standard InChI is InChI=1S/C12H16N2O6S/c1-20-10-5-4-8(7-9(10)12(16)17)21(18,19)14-6-2-3-11(13)15/h4-5,7,14H,2-3,6H2,1H3,(H2,13,15)(H,16,17). The number of hydrogen-bond acceptors (Lipinski definition) is 5. The first-order valence-corrected chi connectivity index (χ1v) is 7.45. The SMILES string of the molecule is COc1ccc(S(=O)(=O)NCCCC(N)=O)cc1C(=O)O. The van der Waals surface area contributed by atoms with Gasteiger partial charge in [0.2, 0.25) is 15.9 Å². The highest BCUT2D eigenvalue weighted by Crippen LogP contribution is 2.22. The fourth-order valence-electron chi connectivity index (χ4n) is 1.57. The highest BCUT2D eigenvalue weighted by molar-refractivity contribution is 7.89. The van der Waals surface area contributed by atoms with E-state index in [-0.39, 0.29) is 35.6 Å². The second-order valence-corrected chi connectivity index (χ2v) is 5.90. The lowest BCUT2D eigenvalue weighted by atomic mass is 10.2. The molecule has 0 saturated carbocycles. The van der Waals surface area contributed by atoms with Crippen molar-refractivity contribution in [3.8, 4) is 5.75 Å². The summed E-state index contributed by atoms with van der Waals surface area (Å²) in [5.74, 6) is -1.75. The molecule has 1 amide bonds. The topological polar surface area (TPSA) is 136 Å². The summed E-state index contributed by atoms with van der Waals surface area (Å²) in [7, 11) is -2.57. The number of carbonyl (C=O) groups is 2. The number of carboxylic acids is 1. The van der Waals surface area contributed by atoms with E-state index in [0.29, 0.717) is 0 Å². The van der Waals surface area contributed by atoms with E-state index >= 15 is 0 Å². The first-order chi connectivity index (χ1) is 9.77. The molecule has 0 atom stereocenters. The Hall–Kier alpha value is -2.13. The maximum absolute atomic E-state index is 12.0. The van der Waals surface area contributed by atoms with E-state index in [4.69, 9.17) is 15.6 Å². The molecular weight excluding hydrogens is 300 g/mol. The van der Waals surface area contributed by atoms with Gasteiger partial charge in [0.15, 0.2) is 0 Å². The number of carboxylic acid groups (broad SMARTS) is 1. The summed E-state index contributed by atoms with van der Waals surface area (Å²) >= 11 is 0. The lowest BCUT2D eigenvalue weighted by molar-refractivity contribution is -0.118. The Morgan fingerprint density at radius 1 is 1.38 bits per heavy atom. The average molecular weight is 316 g/mol. The van der Waals surface area contributed by atoms with Gasteiger partial charge in [0.1, 0.15) is 11.3 Å². The number of carbonyl (C=O) groups excluding carboxylic acids is 1. The van der Waals surface area contributed by atoms with E-state index in [0.717, 1.165) is 6.07 Å². The molecule has 0 bridgehead atoms. The molecule has 0 aromatic heterocycles. The van der Waals surface area contributed by atoms with Gasteiger partial charge in [-0.3, -0.25) is 4.79 Å². The minimum Gasteiger partial charge on any atom is -0.496 e. The summed E-state index contributed by atoms with van der Waals surface area (Å²) in [6.45, 7) is 0.0275. The van der Waals surface area contributed by atoms with E-state index < -0.39 is 21.9 Å². The zero-order valence-corrected chi connectivity index (χ0v) is 12.1. The van der Waals surface area contributed by atoms with Crippen LogP contribution >= 0.6 is 0 Å². The lowest BCUT2D eigenvalue weighted by Crippen LogP contribution is -2.26. The molecule has 116 valence electrons. The molecule has 8 nitrogen and oxygen atoms in total. The van der Waals surface area contributed by atoms with E-state index in [1.54, 1.807) is 0 Å². The van der Waals surface area contributed by atoms with Crippen LogP contribution in [0.1, 0.15) is 23.2 Å². The molecular formula is C12H16N2O6S. The summed E-state index contributed by atoms with van der Waals surface area (Å²) in [5, 5.41) is 9.02. The van der Waals surface area contributed by atoms with Gasteiger partial charge in [0.25, 0.3) is 0 Å². The zero-order chi connectivity index (χ0) is 16.0. The molecule has 0 saturated heterocycles. The van der Waals surface area contributed by atoms with Crippen LogP contribution in [-0.4, -0.2) is 39.1 Å². The number of rotatable bonds is 8. The second-order valence-electron chi connectivity index (χ2n) is 4.13. The van der Waals surface area contributed by atoms with Crippen LogP contribution in [0.15, 0.2) is 23.1 Å². The number of sulfonamides is 1. The number of nitrogens with two attached hydrogens (primary N) is 1. The van der Waals surface area contributed by atoms with E-state index in [9.17, 15) is 18.0 Å². The summed E-state index contributed by atoms with van der Waals surface area (Å²) < 4.78 is 31.1. The third kappa shape index (κ3) is 4.72. The number of primary amides is 1. The van der Waals surface area contributed by atoms with Gasteiger partial charge in [0.05, 0.1) is 12.0 Å². The number of methoxy groups -OCH3 is 1. The van der Waals surface area contributed by atoms with Crippen molar-refractivity contribution in [3.63, 3.8) is 0 Å². The summed E-state index contributed by atoms with van der Waals surface area (Å²) in [6, 6.07) is 3.51. The monoisotopic (exact) mass is 316 g/mol. The van der Waals surface area contributed by atoms with Gasteiger partial charge in [-0.05, 0) is 24.6 Å². The van der Waals surface area contributed by atoms with Gasteiger partial charge < -0.3 is 15.6 Å². The second kappa shape index (κ2) is 7.04. The van der Waals surface area contributed by atoms with Gasteiger partial charge in [-0.2, -0.15) is 0 Å². The van der Waals surface area contributed by atoms with Gasteiger partial charge >= 0.3 is 5.97 Å². The lowest BCUT2D eigenvalue weighted by Gasteiger charge is -2.09. The van der Waals surface area contributed by atoms with Crippen LogP contribution in [0.3, 0.4) is 0 Å². The molecule has 0 aliphatic carbocycles. The maximum Gasteiger partial charge on any atom is 0.339 e. The molecule has 1 rings (SSSR count). The average Bonchev–Trinajstić information content (AvgIpc) is 2.42. The maximum atomic E-state index is 12.0.